The minimum Gasteiger partial charge on any atom is -0.322 e. The molecule has 128 valence electrons. The van der Waals surface area contributed by atoms with Crippen molar-refractivity contribution in [3.8, 4) is 10.6 Å². The summed E-state index contributed by atoms with van der Waals surface area (Å²) in [5, 5.41) is 3.82. The number of carbonyl (C=O) groups excluding carboxylic acids is 1. The zero-order valence-electron chi connectivity index (χ0n) is 14.0. The lowest BCUT2D eigenvalue weighted by Gasteiger charge is -2.11. The second kappa shape index (κ2) is 6.69. The van der Waals surface area contributed by atoms with E-state index in [-0.39, 0.29) is 11.7 Å². The Morgan fingerprint density at radius 3 is 2.54 bits per heavy atom. The van der Waals surface area contributed by atoms with Crippen molar-refractivity contribution in [3.05, 3.63) is 83.7 Å². The second-order valence-electron chi connectivity index (χ2n) is 5.93. The second-order valence-corrected chi connectivity index (χ2v) is 6.96. The van der Waals surface area contributed by atoms with Crippen LogP contribution in [0.5, 0.6) is 0 Å². The van der Waals surface area contributed by atoms with Gasteiger partial charge in [-0.2, -0.15) is 0 Å². The summed E-state index contributed by atoms with van der Waals surface area (Å²) in [6, 6.07) is 19.3. The first-order valence-electron chi connectivity index (χ1n) is 8.14. The summed E-state index contributed by atoms with van der Waals surface area (Å²) in [6.45, 7) is 1.96. The molecule has 1 amide bonds. The van der Waals surface area contributed by atoms with Gasteiger partial charge in [-0.15, -0.1) is 11.3 Å². The highest BCUT2D eigenvalue weighted by Gasteiger charge is 2.13. The molecule has 0 saturated carbocycles. The Balaban J connectivity index is 1.67. The van der Waals surface area contributed by atoms with Gasteiger partial charge < -0.3 is 5.32 Å². The van der Waals surface area contributed by atoms with Crippen LogP contribution in [0.4, 0.5) is 10.1 Å². The van der Waals surface area contributed by atoms with Gasteiger partial charge in [-0.05, 0) is 55.0 Å². The van der Waals surface area contributed by atoms with Gasteiger partial charge in [0.1, 0.15) is 10.8 Å². The van der Waals surface area contributed by atoms with E-state index in [2.05, 4.69) is 5.32 Å². The van der Waals surface area contributed by atoms with Gasteiger partial charge in [-0.25, -0.2) is 9.37 Å². The fourth-order valence-corrected chi connectivity index (χ4v) is 3.83. The lowest BCUT2D eigenvalue weighted by Crippen LogP contribution is -2.13. The summed E-state index contributed by atoms with van der Waals surface area (Å²) >= 11 is 1.62. The molecule has 0 aliphatic carbocycles. The van der Waals surface area contributed by atoms with Crippen LogP contribution < -0.4 is 5.32 Å². The molecule has 3 aromatic carbocycles. The molecule has 0 saturated heterocycles. The molecular weight excluding hydrogens is 347 g/mol. The van der Waals surface area contributed by atoms with E-state index in [1.807, 2.05) is 49.4 Å². The van der Waals surface area contributed by atoms with Crippen LogP contribution >= 0.6 is 11.3 Å². The van der Waals surface area contributed by atoms with E-state index in [4.69, 9.17) is 4.98 Å². The Bertz CT molecular complexity index is 1070. The molecule has 1 N–H and O–H groups in total. The number of thiazole rings is 1. The van der Waals surface area contributed by atoms with Crippen molar-refractivity contribution in [1.82, 2.24) is 4.98 Å². The third-order valence-electron chi connectivity index (χ3n) is 4.21. The Hall–Kier alpha value is -3.05. The molecular formula is C21H15FN2OS. The molecule has 0 spiro atoms. The van der Waals surface area contributed by atoms with E-state index < -0.39 is 0 Å². The fourth-order valence-electron chi connectivity index (χ4n) is 2.79. The number of halogens is 1. The lowest BCUT2D eigenvalue weighted by atomic mass is 10.1. The van der Waals surface area contributed by atoms with E-state index in [0.717, 1.165) is 32.0 Å². The van der Waals surface area contributed by atoms with Crippen LogP contribution in [0, 0.1) is 12.7 Å². The van der Waals surface area contributed by atoms with Crippen molar-refractivity contribution in [3.63, 3.8) is 0 Å². The van der Waals surface area contributed by atoms with Crippen LogP contribution in [0.2, 0.25) is 0 Å². The number of fused-ring (bicyclic) bond motifs is 1. The zero-order valence-corrected chi connectivity index (χ0v) is 14.8. The van der Waals surface area contributed by atoms with E-state index in [1.54, 1.807) is 11.3 Å². The number of rotatable bonds is 3. The van der Waals surface area contributed by atoms with Gasteiger partial charge in [-0.3, -0.25) is 4.79 Å². The Labute approximate surface area is 154 Å². The van der Waals surface area contributed by atoms with Crippen LogP contribution in [-0.2, 0) is 0 Å². The van der Waals surface area contributed by atoms with Crippen molar-refractivity contribution in [2.24, 2.45) is 0 Å². The molecule has 0 fully saturated rings. The fraction of sp³-hybridized carbons (Fsp3) is 0.0476. The number of nitrogens with zero attached hydrogens (tertiary/aromatic N) is 1. The van der Waals surface area contributed by atoms with E-state index in [9.17, 15) is 9.18 Å². The molecule has 1 heterocycles. The number of aromatic nitrogens is 1. The molecule has 0 bridgehead atoms. The Morgan fingerprint density at radius 2 is 1.77 bits per heavy atom. The predicted molar refractivity (Wildman–Crippen MR) is 104 cm³/mol. The van der Waals surface area contributed by atoms with Crippen LogP contribution in [0.25, 0.3) is 20.8 Å². The number of hydrogen-bond donors (Lipinski definition) is 1. The highest BCUT2D eigenvalue weighted by atomic mass is 32.1. The predicted octanol–water partition coefficient (Wildman–Crippen LogP) is 5.66. The summed E-state index contributed by atoms with van der Waals surface area (Å²) < 4.78 is 14.2. The lowest BCUT2D eigenvalue weighted by molar-refractivity contribution is 0.102. The topological polar surface area (TPSA) is 42.0 Å². The molecule has 0 aliphatic heterocycles. The summed E-state index contributed by atoms with van der Waals surface area (Å²) in [4.78, 5) is 17.1. The van der Waals surface area contributed by atoms with Crippen molar-refractivity contribution in [1.29, 1.82) is 0 Å². The van der Waals surface area contributed by atoms with E-state index in [1.165, 1.54) is 24.3 Å². The number of hydrogen-bond acceptors (Lipinski definition) is 3. The molecule has 0 unspecified atom stereocenters. The van der Waals surface area contributed by atoms with Gasteiger partial charge in [0.15, 0.2) is 0 Å². The molecule has 5 heteroatoms. The van der Waals surface area contributed by atoms with Gasteiger partial charge in [0.25, 0.3) is 5.91 Å². The number of para-hydroxylation sites is 1. The first kappa shape index (κ1) is 16.4. The highest BCUT2D eigenvalue weighted by Crippen LogP contribution is 2.34. The largest absolute Gasteiger partial charge is 0.322 e. The van der Waals surface area contributed by atoms with Crippen LogP contribution in [0.1, 0.15) is 15.9 Å². The van der Waals surface area contributed by atoms with Crippen LogP contribution in [0.15, 0.2) is 66.7 Å². The van der Waals surface area contributed by atoms with Crippen molar-refractivity contribution >= 4 is 33.1 Å². The number of carbonyl (C=O) groups is 1. The standard InChI is InChI=1S/C21H15FN2OS/c1-13-16(21-24-18-6-2-3-8-19(18)26-21)5-4-7-17(13)23-20(25)14-9-11-15(22)12-10-14/h2-12H,1H3,(H,23,25). The Morgan fingerprint density at radius 1 is 1.00 bits per heavy atom. The summed E-state index contributed by atoms with van der Waals surface area (Å²) in [5.41, 5.74) is 4.03. The Kier molecular flexibility index (Phi) is 4.22. The third kappa shape index (κ3) is 3.09. The zero-order chi connectivity index (χ0) is 18.1. The molecule has 1 aromatic heterocycles. The van der Waals surface area contributed by atoms with Crippen molar-refractivity contribution in [2.45, 2.75) is 6.92 Å². The van der Waals surface area contributed by atoms with Crippen molar-refractivity contribution in [2.75, 3.05) is 5.32 Å². The maximum absolute atomic E-state index is 13.0. The van der Waals surface area contributed by atoms with Gasteiger partial charge >= 0.3 is 0 Å². The minimum absolute atomic E-state index is 0.269. The quantitative estimate of drug-likeness (QED) is 0.511. The van der Waals surface area contributed by atoms with Crippen molar-refractivity contribution < 1.29 is 9.18 Å². The number of nitrogens with one attached hydrogen (secondary N) is 1. The molecule has 26 heavy (non-hydrogen) atoms. The van der Waals surface area contributed by atoms with Crippen LogP contribution in [0.3, 0.4) is 0 Å². The smallest absolute Gasteiger partial charge is 0.255 e. The maximum atomic E-state index is 13.0. The molecule has 4 rings (SSSR count). The summed E-state index contributed by atoms with van der Waals surface area (Å²) in [5.74, 6) is -0.634. The first-order valence-corrected chi connectivity index (χ1v) is 8.96. The van der Waals surface area contributed by atoms with Crippen LogP contribution in [-0.4, -0.2) is 10.9 Å². The molecule has 3 nitrogen and oxygen atoms in total. The molecule has 4 aromatic rings. The normalized spacial score (nSPS) is 10.8. The monoisotopic (exact) mass is 362 g/mol. The first-order chi connectivity index (χ1) is 12.6. The van der Waals surface area contributed by atoms with Gasteiger partial charge in [-0.1, -0.05) is 24.3 Å². The third-order valence-corrected chi connectivity index (χ3v) is 5.28. The summed E-state index contributed by atoms with van der Waals surface area (Å²) in [7, 11) is 0. The van der Waals surface area contributed by atoms with E-state index in [0.29, 0.717) is 5.56 Å². The summed E-state index contributed by atoms with van der Waals surface area (Å²) in [6.07, 6.45) is 0. The molecule has 0 aliphatic rings. The molecule has 0 radical (unpaired) electrons. The van der Waals surface area contributed by atoms with Gasteiger partial charge in [0, 0.05) is 16.8 Å². The minimum atomic E-state index is -0.365. The number of amides is 1. The number of anilines is 1. The highest BCUT2D eigenvalue weighted by molar-refractivity contribution is 7.21. The SMILES string of the molecule is Cc1c(NC(=O)c2ccc(F)cc2)cccc1-c1nc2ccccc2s1. The average Bonchev–Trinajstić information content (AvgIpc) is 3.08. The average molecular weight is 362 g/mol. The molecule has 0 atom stereocenters. The maximum Gasteiger partial charge on any atom is 0.255 e. The van der Waals surface area contributed by atoms with Gasteiger partial charge in [0.05, 0.1) is 10.2 Å². The van der Waals surface area contributed by atoms with Gasteiger partial charge in [0.2, 0.25) is 0 Å². The van der Waals surface area contributed by atoms with E-state index >= 15 is 0 Å². The number of benzene rings is 3.